The number of aromatic amines is 1. The maximum atomic E-state index is 13.1. The molecule has 0 radical (unpaired) electrons. The Bertz CT molecular complexity index is 974. The molecule has 0 saturated carbocycles. The zero-order valence-corrected chi connectivity index (χ0v) is 16.0. The Labute approximate surface area is 164 Å². The van der Waals surface area contributed by atoms with Gasteiger partial charge in [-0.25, -0.2) is 4.98 Å². The third kappa shape index (κ3) is 3.13. The monoisotopic (exact) mass is 375 g/mol. The van der Waals surface area contributed by atoms with E-state index in [4.69, 9.17) is 0 Å². The summed E-state index contributed by atoms with van der Waals surface area (Å²) >= 11 is 0. The smallest absolute Gasteiger partial charge is 0.274 e. The van der Waals surface area contributed by atoms with Crippen molar-refractivity contribution in [3.63, 3.8) is 0 Å². The number of piperidine rings is 1. The summed E-state index contributed by atoms with van der Waals surface area (Å²) in [5.74, 6) is 1.42. The lowest BCUT2D eigenvalue weighted by Gasteiger charge is -2.32. The molecule has 1 aliphatic carbocycles. The molecule has 1 fully saturated rings. The van der Waals surface area contributed by atoms with Crippen LogP contribution in [-0.2, 0) is 19.4 Å². The molecular formula is C22H25N5O. The minimum Gasteiger partial charge on any atom is -0.337 e. The van der Waals surface area contributed by atoms with Crippen LogP contribution >= 0.6 is 0 Å². The fourth-order valence-corrected chi connectivity index (χ4v) is 4.61. The van der Waals surface area contributed by atoms with Crippen molar-refractivity contribution in [3.05, 3.63) is 71.1 Å². The molecule has 1 amide bonds. The second-order valence-corrected chi connectivity index (χ2v) is 7.87. The number of fused-ring (bicyclic) bond motifs is 1. The average Bonchev–Trinajstić information content (AvgIpc) is 3.45. The van der Waals surface area contributed by atoms with Gasteiger partial charge in [0.2, 0.25) is 0 Å². The van der Waals surface area contributed by atoms with Crippen LogP contribution in [-0.4, -0.2) is 43.6 Å². The number of aromatic nitrogens is 4. The molecule has 6 heteroatoms. The van der Waals surface area contributed by atoms with E-state index in [0.29, 0.717) is 12.2 Å². The number of imidazole rings is 1. The van der Waals surface area contributed by atoms with Gasteiger partial charge in [0.05, 0.1) is 0 Å². The molecule has 0 spiro atoms. The zero-order valence-electron chi connectivity index (χ0n) is 16.0. The molecule has 0 bridgehead atoms. The van der Waals surface area contributed by atoms with Gasteiger partial charge >= 0.3 is 0 Å². The molecule has 1 aliphatic heterocycles. The lowest BCUT2D eigenvalue weighted by Crippen LogP contribution is -2.40. The van der Waals surface area contributed by atoms with Crippen molar-refractivity contribution >= 4 is 5.91 Å². The predicted octanol–water partition coefficient (Wildman–Crippen LogP) is 3.16. The van der Waals surface area contributed by atoms with Crippen LogP contribution in [0.1, 0.15) is 58.3 Å². The van der Waals surface area contributed by atoms with E-state index in [1.807, 2.05) is 23.4 Å². The van der Waals surface area contributed by atoms with E-state index in [9.17, 15) is 4.79 Å². The number of aryl methyl sites for hydroxylation is 1. The van der Waals surface area contributed by atoms with Gasteiger partial charge in [0, 0.05) is 49.2 Å². The normalized spacial score (nSPS) is 19.0. The molecule has 28 heavy (non-hydrogen) atoms. The van der Waals surface area contributed by atoms with Crippen molar-refractivity contribution in [1.29, 1.82) is 0 Å². The Morgan fingerprint density at radius 3 is 2.96 bits per heavy atom. The lowest BCUT2D eigenvalue weighted by atomic mass is 9.96. The van der Waals surface area contributed by atoms with Gasteiger partial charge in [-0.3, -0.25) is 9.89 Å². The molecule has 1 atom stereocenters. The largest absolute Gasteiger partial charge is 0.337 e. The topological polar surface area (TPSA) is 66.8 Å². The van der Waals surface area contributed by atoms with Gasteiger partial charge in [-0.1, -0.05) is 30.3 Å². The number of carbonyl (C=O) groups excluding carboxylic acids is 1. The van der Waals surface area contributed by atoms with Crippen LogP contribution in [0, 0.1) is 0 Å². The molecule has 0 unspecified atom stereocenters. The predicted molar refractivity (Wildman–Crippen MR) is 106 cm³/mol. The number of nitrogens with one attached hydrogen (secondary N) is 1. The first kappa shape index (κ1) is 17.2. The van der Waals surface area contributed by atoms with Crippen molar-refractivity contribution < 1.29 is 4.79 Å². The van der Waals surface area contributed by atoms with E-state index in [1.165, 1.54) is 5.56 Å². The van der Waals surface area contributed by atoms with Crippen molar-refractivity contribution in [1.82, 2.24) is 24.6 Å². The van der Waals surface area contributed by atoms with E-state index in [1.54, 1.807) is 0 Å². The average molecular weight is 375 g/mol. The lowest BCUT2D eigenvalue weighted by molar-refractivity contribution is 0.0696. The van der Waals surface area contributed by atoms with Gasteiger partial charge in [-0.2, -0.15) is 5.10 Å². The highest BCUT2D eigenvalue weighted by molar-refractivity contribution is 5.94. The number of benzene rings is 1. The highest BCUT2D eigenvalue weighted by Crippen LogP contribution is 2.29. The molecule has 3 heterocycles. The summed E-state index contributed by atoms with van der Waals surface area (Å²) in [5, 5.41) is 7.40. The number of hydrogen-bond acceptors (Lipinski definition) is 3. The first-order valence-corrected chi connectivity index (χ1v) is 10.2. The molecule has 1 saturated heterocycles. The van der Waals surface area contributed by atoms with Gasteiger partial charge in [0.15, 0.2) is 5.69 Å². The number of carbonyl (C=O) groups is 1. The maximum absolute atomic E-state index is 13.1. The minimum atomic E-state index is 0.0743. The van der Waals surface area contributed by atoms with Gasteiger partial charge < -0.3 is 9.47 Å². The Balaban J connectivity index is 1.34. The summed E-state index contributed by atoms with van der Waals surface area (Å²) in [6.45, 7) is 2.33. The van der Waals surface area contributed by atoms with E-state index >= 15 is 0 Å². The molecule has 3 aromatic rings. The quantitative estimate of drug-likeness (QED) is 0.762. The summed E-state index contributed by atoms with van der Waals surface area (Å²) in [7, 11) is 0. The highest BCUT2D eigenvalue weighted by atomic mass is 16.2. The number of rotatable bonds is 4. The fraction of sp³-hybridized carbons (Fsp3) is 0.409. The first-order valence-electron chi connectivity index (χ1n) is 10.2. The van der Waals surface area contributed by atoms with Gasteiger partial charge in [-0.15, -0.1) is 0 Å². The summed E-state index contributed by atoms with van der Waals surface area (Å²) in [4.78, 5) is 19.8. The molecule has 1 N–H and O–H groups in total. The van der Waals surface area contributed by atoms with Crippen LogP contribution in [0.4, 0.5) is 0 Å². The molecule has 2 aromatic heterocycles. The third-order valence-electron chi connectivity index (χ3n) is 6.03. The Morgan fingerprint density at radius 1 is 1.18 bits per heavy atom. The number of amides is 1. The van der Waals surface area contributed by atoms with Crippen molar-refractivity contribution in [2.24, 2.45) is 0 Å². The number of likely N-dealkylation sites (tertiary alicyclic amines) is 1. The van der Waals surface area contributed by atoms with E-state index < -0.39 is 0 Å². The second kappa shape index (κ2) is 7.26. The van der Waals surface area contributed by atoms with Crippen LogP contribution in [0.2, 0.25) is 0 Å². The molecule has 1 aromatic carbocycles. The van der Waals surface area contributed by atoms with Crippen molar-refractivity contribution in [3.8, 4) is 0 Å². The molecule has 6 nitrogen and oxygen atoms in total. The maximum Gasteiger partial charge on any atom is 0.274 e. The number of H-pyrrole nitrogens is 1. The molecule has 5 rings (SSSR count). The summed E-state index contributed by atoms with van der Waals surface area (Å²) < 4.78 is 2.22. The minimum absolute atomic E-state index is 0.0743. The summed E-state index contributed by atoms with van der Waals surface area (Å²) in [5.41, 5.74) is 4.19. The highest BCUT2D eigenvalue weighted by Gasteiger charge is 2.31. The molecular weight excluding hydrogens is 350 g/mol. The Morgan fingerprint density at radius 2 is 2.07 bits per heavy atom. The van der Waals surface area contributed by atoms with Crippen molar-refractivity contribution in [2.75, 3.05) is 13.1 Å². The van der Waals surface area contributed by atoms with Gasteiger partial charge in [0.25, 0.3) is 5.91 Å². The number of nitrogens with zero attached hydrogens (tertiary/aromatic N) is 4. The van der Waals surface area contributed by atoms with E-state index in [2.05, 4.69) is 44.0 Å². The third-order valence-corrected chi connectivity index (χ3v) is 6.03. The fourth-order valence-electron chi connectivity index (χ4n) is 4.61. The van der Waals surface area contributed by atoms with Gasteiger partial charge in [0.1, 0.15) is 5.82 Å². The zero-order chi connectivity index (χ0) is 18.9. The van der Waals surface area contributed by atoms with Crippen LogP contribution in [0.3, 0.4) is 0 Å². The Hall–Kier alpha value is -2.89. The molecule has 2 aliphatic rings. The Kier molecular flexibility index (Phi) is 4.47. The van der Waals surface area contributed by atoms with E-state index in [-0.39, 0.29) is 11.8 Å². The van der Waals surface area contributed by atoms with Crippen LogP contribution < -0.4 is 0 Å². The van der Waals surface area contributed by atoms with Gasteiger partial charge in [-0.05, 0) is 37.7 Å². The van der Waals surface area contributed by atoms with Crippen LogP contribution in [0.5, 0.6) is 0 Å². The number of hydrogen-bond donors (Lipinski definition) is 1. The SMILES string of the molecule is O=C(c1n[nH]c2c1CCC2)N1CCC[C@@H](c2nccn2Cc2ccccc2)C1. The van der Waals surface area contributed by atoms with Crippen LogP contribution in [0.25, 0.3) is 0 Å². The summed E-state index contributed by atoms with van der Waals surface area (Å²) in [6, 6.07) is 10.4. The van der Waals surface area contributed by atoms with E-state index in [0.717, 1.165) is 62.3 Å². The second-order valence-electron chi connectivity index (χ2n) is 7.87. The van der Waals surface area contributed by atoms with Crippen LogP contribution in [0.15, 0.2) is 42.7 Å². The molecule has 144 valence electrons. The van der Waals surface area contributed by atoms with Crippen molar-refractivity contribution in [2.45, 2.75) is 44.6 Å². The standard InChI is InChI=1S/C22H25N5O/c28-22(20-18-9-4-10-19(18)24-25-20)27-12-5-8-17(15-27)21-23-11-13-26(21)14-16-6-2-1-3-7-16/h1-3,6-7,11,13,17H,4-5,8-10,12,14-15H2,(H,24,25)/t17-/m1/s1. The summed E-state index contributed by atoms with van der Waals surface area (Å²) in [6.07, 6.45) is 9.07. The first-order chi connectivity index (χ1) is 13.8.